The average molecular weight is 304 g/mol. The van der Waals surface area contributed by atoms with Crippen molar-refractivity contribution in [3.63, 3.8) is 0 Å². The summed E-state index contributed by atoms with van der Waals surface area (Å²) in [5, 5.41) is 0. The first-order valence-electron chi connectivity index (χ1n) is 6.26. The molecule has 0 amide bonds. The maximum atomic E-state index is 14.2. The van der Waals surface area contributed by atoms with Crippen molar-refractivity contribution in [2.24, 2.45) is 0 Å². The van der Waals surface area contributed by atoms with Crippen LogP contribution in [-0.2, 0) is 0 Å². The molecular formula is C15H13FN2O2S. The van der Waals surface area contributed by atoms with Gasteiger partial charge in [-0.15, -0.1) is 0 Å². The van der Waals surface area contributed by atoms with E-state index in [1.807, 2.05) is 12.1 Å². The van der Waals surface area contributed by atoms with E-state index in [0.717, 1.165) is 11.0 Å². The number of ether oxygens (including phenoxy) is 2. The Morgan fingerprint density at radius 1 is 1.05 bits per heavy atom. The van der Waals surface area contributed by atoms with Gasteiger partial charge in [-0.2, -0.15) is 0 Å². The van der Waals surface area contributed by atoms with Crippen molar-refractivity contribution in [1.29, 1.82) is 0 Å². The lowest BCUT2D eigenvalue weighted by Crippen LogP contribution is -1.98. The molecule has 0 unspecified atom stereocenters. The standard InChI is InChI=1S/C15H13FN2O2S/c1-19-9-4-6-13-12(7-9)17-15(21)18(13)14-8-10(20-2)3-5-11(14)16/h3-8H,1-2H3,(H,17,21). The van der Waals surface area contributed by atoms with E-state index in [9.17, 15) is 4.39 Å². The molecule has 3 rings (SSSR count). The van der Waals surface area contributed by atoms with Crippen LogP contribution < -0.4 is 9.47 Å². The predicted molar refractivity (Wildman–Crippen MR) is 81.5 cm³/mol. The van der Waals surface area contributed by atoms with Gasteiger partial charge < -0.3 is 14.5 Å². The minimum absolute atomic E-state index is 0.343. The van der Waals surface area contributed by atoms with Gasteiger partial charge in [0, 0.05) is 12.1 Å². The van der Waals surface area contributed by atoms with Gasteiger partial charge in [-0.05, 0) is 36.5 Å². The third-order valence-electron chi connectivity index (χ3n) is 3.28. The van der Waals surface area contributed by atoms with Crippen LogP contribution >= 0.6 is 12.2 Å². The van der Waals surface area contributed by atoms with Crippen molar-refractivity contribution < 1.29 is 13.9 Å². The number of hydrogen-bond donors (Lipinski definition) is 1. The lowest BCUT2D eigenvalue weighted by molar-refractivity contribution is 0.413. The Labute approximate surface area is 125 Å². The number of aromatic nitrogens is 2. The van der Waals surface area contributed by atoms with Crippen molar-refractivity contribution in [2.75, 3.05) is 14.2 Å². The Bertz CT molecular complexity index is 870. The van der Waals surface area contributed by atoms with Gasteiger partial charge in [-0.25, -0.2) is 4.39 Å². The first-order chi connectivity index (χ1) is 10.1. The number of imidazole rings is 1. The fraction of sp³-hybridized carbons (Fsp3) is 0.133. The number of rotatable bonds is 3. The molecule has 108 valence electrons. The highest BCUT2D eigenvalue weighted by Crippen LogP contribution is 2.27. The molecule has 4 nitrogen and oxygen atoms in total. The number of nitrogens with zero attached hydrogens (tertiary/aromatic N) is 1. The minimum Gasteiger partial charge on any atom is -0.497 e. The van der Waals surface area contributed by atoms with Gasteiger partial charge in [0.25, 0.3) is 0 Å². The Hall–Kier alpha value is -2.34. The molecule has 0 radical (unpaired) electrons. The van der Waals surface area contributed by atoms with Gasteiger partial charge in [-0.1, -0.05) is 0 Å². The Kier molecular flexibility index (Phi) is 3.39. The quantitative estimate of drug-likeness (QED) is 0.747. The number of nitrogens with one attached hydrogen (secondary N) is 1. The predicted octanol–water partition coefficient (Wildman–Crippen LogP) is 3.84. The molecule has 0 saturated heterocycles. The molecule has 21 heavy (non-hydrogen) atoms. The maximum Gasteiger partial charge on any atom is 0.182 e. The molecule has 6 heteroatoms. The lowest BCUT2D eigenvalue weighted by Gasteiger charge is -2.08. The van der Waals surface area contributed by atoms with Crippen molar-refractivity contribution in [3.8, 4) is 17.2 Å². The highest BCUT2D eigenvalue weighted by molar-refractivity contribution is 7.71. The van der Waals surface area contributed by atoms with Crippen molar-refractivity contribution >= 4 is 23.3 Å². The number of aromatic amines is 1. The second kappa shape index (κ2) is 5.21. The average Bonchev–Trinajstić information content (AvgIpc) is 2.82. The highest BCUT2D eigenvalue weighted by Gasteiger charge is 2.12. The van der Waals surface area contributed by atoms with Crippen LogP contribution in [0.1, 0.15) is 0 Å². The van der Waals surface area contributed by atoms with E-state index in [2.05, 4.69) is 4.98 Å². The lowest BCUT2D eigenvalue weighted by atomic mass is 10.2. The number of hydrogen-bond acceptors (Lipinski definition) is 3. The Morgan fingerprint density at radius 2 is 1.71 bits per heavy atom. The molecule has 0 spiro atoms. The second-order valence-corrected chi connectivity index (χ2v) is 4.85. The largest absolute Gasteiger partial charge is 0.497 e. The SMILES string of the molecule is COc1ccc(F)c(-n2c(=S)[nH]c3cc(OC)ccc32)c1. The molecule has 1 N–H and O–H groups in total. The van der Waals surface area contributed by atoms with Crippen molar-refractivity contribution in [3.05, 3.63) is 47.0 Å². The highest BCUT2D eigenvalue weighted by atomic mass is 32.1. The molecule has 1 aromatic heterocycles. The molecule has 0 bridgehead atoms. The van der Waals surface area contributed by atoms with E-state index in [4.69, 9.17) is 21.7 Å². The fourth-order valence-corrected chi connectivity index (χ4v) is 2.55. The van der Waals surface area contributed by atoms with Crippen molar-refractivity contribution in [2.45, 2.75) is 0 Å². The summed E-state index contributed by atoms with van der Waals surface area (Å²) in [6, 6.07) is 10.00. The van der Waals surface area contributed by atoms with Crippen LogP contribution in [0.15, 0.2) is 36.4 Å². The molecule has 0 aliphatic carbocycles. The van der Waals surface area contributed by atoms with E-state index in [0.29, 0.717) is 22.0 Å². The number of benzene rings is 2. The van der Waals surface area contributed by atoms with Gasteiger partial charge in [0.1, 0.15) is 17.3 Å². The summed E-state index contributed by atoms with van der Waals surface area (Å²) in [6.45, 7) is 0. The van der Waals surface area contributed by atoms with Crippen LogP contribution in [-0.4, -0.2) is 23.8 Å². The monoisotopic (exact) mass is 304 g/mol. The van der Waals surface area contributed by atoms with Crippen LogP contribution in [0.3, 0.4) is 0 Å². The molecule has 0 saturated carbocycles. The van der Waals surface area contributed by atoms with Gasteiger partial charge in [0.2, 0.25) is 0 Å². The zero-order valence-corrected chi connectivity index (χ0v) is 12.3. The van der Waals surface area contributed by atoms with E-state index in [1.54, 1.807) is 29.9 Å². The molecular weight excluding hydrogens is 291 g/mol. The summed E-state index contributed by atoms with van der Waals surface area (Å²) in [6.07, 6.45) is 0. The zero-order valence-electron chi connectivity index (χ0n) is 11.5. The van der Waals surface area contributed by atoms with Crippen LogP contribution in [0.4, 0.5) is 4.39 Å². The smallest absolute Gasteiger partial charge is 0.182 e. The number of methoxy groups -OCH3 is 2. The molecule has 1 heterocycles. The van der Waals surface area contributed by atoms with Gasteiger partial charge in [-0.3, -0.25) is 4.57 Å². The molecule has 3 aromatic rings. The van der Waals surface area contributed by atoms with E-state index >= 15 is 0 Å². The van der Waals surface area contributed by atoms with E-state index < -0.39 is 0 Å². The zero-order chi connectivity index (χ0) is 15.0. The summed E-state index contributed by atoms with van der Waals surface area (Å²) < 4.78 is 26.5. The second-order valence-electron chi connectivity index (χ2n) is 4.47. The van der Waals surface area contributed by atoms with E-state index in [1.165, 1.54) is 13.2 Å². The summed E-state index contributed by atoms with van der Waals surface area (Å²) >= 11 is 5.31. The molecule has 0 aliphatic rings. The van der Waals surface area contributed by atoms with Crippen molar-refractivity contribution in [1.82, 2.24) is 9.55 Å². The maximum absolute atomic E-state index is 14.2. The third kappa shape index (κ3) is 2.27. The third-order valence-corrected chi connectivity index (χ3v) is 3.57. The van der Waals surface area contributed by atoms with Crippen LogP contribution in [0.25, 0.3) is 16.7 Å². The fourth-order valence-electron chi connectivity index (χ4n) is 2.25. The van der Waals surface area contributed by atoms with E-state index in [-0.39, 0.29) is 5.82 Å². The summed E-state index contributed by atoms with van der Waals surface area (Å²) in [5.41, 5.74) is 1.89. The molecule has 0 aliphatic heterocycles. The number of halogens is 1. The normalized spacial score (nSPS) is 10.8. The van der Waals surface area contributed by atoms with Gasteiger partial charge >= 0.3 is 0 Å². The Morgan fingerprint density at radius 3 is 2.43 bits per heavy atom. The molecule has 0 atom stereocenters. The summed E-state index contributed by atoms with van der Waals surface area (Å²) in [5.74, 6) is 0.900. The molecule has 2 aromatic carbocycles. The number of fused-ring (bicyclic) bond motifs is 1. The van der Waals surface area contributed by atoms with Gasteiger partial charge in [0.15, 0.2) is 4.77 Å². The van der Waals surface area contributed by atoms with Crippen LogP contribution in [0.5, 0.6) is 11.5 Å². The van der Waals surface area contributed by atoms with Crippen LogP contribution in [0.2, 0.25) is 0 Å². The summed E-state index contributed by atoms with van der Waals surface area (Å²) in [4.78, 5) is 3.06. The molecule has 0 fully saturated rings. The summed E-state index contributed by atoms with van der Waals surface area (Å²) in [7, 11) is 3.13. The first kappa shape index (κ1) is 13.6. The van der Waals surface area contributed by atoms with Gasteiger partial charge in [0.05, 0.1) is 30.9 Å². The Balaban J connectivity index is 2.30. The van der Waals surface area contributed by atoms with Crippen LogP contribution in [0, 0.1) is 10.6 Å². The first-order valence-corrected chi connectivity index (χ1v) is 6.67. The number of H-pyrrole nitrogens is 1. The topological polar surface area (TPSA) is 39.2 Å². The minimum atomic E-state index is -0.372.